The summed E-state index contributed by atoms with van der Waals surface area (Å²) in [6, 6.07) is 5.16. The molecule has 0 fully saturated rings. The molecule has 1 aromatic carbocycles. The average Bonchev–Trinajstić information content (AvgIpc) is 2.42. The zero-order chi connectivity index (χ0) is 13.4. The first-order valence-corrected chi connectivity index (χ1v) is 6.23. The molecule has 1 amide bonds. The number of hydrogen-bond donors (Lipinski definition) is 1. The Kier molecular flexibility index (Phi) is 8.79. The van der Waals surface area contributed by atoms with E-state index in [9.17, 15) is 4.79 Å². The van der Waals surface area contributed by atoms with Crippen LogP contribution in [0.2, 0.25) is 0 Å². The van der Waals surface area contributed by atoms with Crippen molar-refractivity contribution in [1.29, 1.82) is 0 Å². The van der Waals surface area contributed by atoms with Gasteiger partial charge in [-0.2, -0.15) is 0 Å². The zero-order valence-electron chi connectivity index (χ0n) is 11.7. The maximum Gasteiger partial charge on any atom is 0.251 e. The van der Waals surface area contributed by atoms with Gasteiger partial charge in [0.2, 0.25) is 0 Å². The van der Waals surface area contributed by atoms with E-state index in [1.54, 1.807) is 32.4 Å². The van der Waals surface area contributed by atoms with Gasteiger partial charge in [-0.05, 0) is 24.6 Å². The number of amides is 1. The SMILES string of the molecule is CCCCCNC(=O)c1ccc(OC)c(OC)c1.Cl. The third-order valence-electron chi connectivity index (χ3n) is 2.71. The van der Waals surface area contributed by atoms with Gasteiger partial charge >= 0.3 is 0 Å². The van der Waals surface area contributed by atoms with Crippen LogP contribution in [0.5, 0.6) is 11.5 Å². The second-order valence-electron chi connectivity index (χ2n) is 4.03. The molecule has 0 bridgehead atoms. The molecular weight excluding hydrogens is 266 g/mol. The summed E-state index contributed by atoms with van der Waals surface area (Å²) >= 11 is 0. The molecule has 0 aliphatic heterocycles. The van der Waals surface area contributed by atoms with Crippen molar-refractivity contribution >= 4 is 18.3 Å². The number of benzene rings is 1. The van der Waals surface area contributed by atoms with E-state index in [4.69, 9.17) is 9.47 Å². The number of unbranched alkanes of at least 4 members (excludes halogenated alkanes) is 2. The van der Waals surface area contributed by atoms with Crippen LogP contribution in [0.15, 0.2) is 18.2 Å². The van der Waals surface area contributed by atoms with Crippen molar-refractivity contribution in [3.63, 3.8) is 0 Å². The first-order chi connectivity index (χ1) is 8.72. The minimum atomic E-state index is -0.0768. The fraction of sp³-hybridized carbons (Fsp3) is 0.500. The summed E-state index contributed by atoms with van der Waals surface area (Å²) < 4.78 is 10.3. The molecule has 4 nitrogen and oxygen atoms in total. The van der Waals surface area contributed by atoms with Crippen molar-refractivity contribution < 1.29 is 14.3 Å². The van der Waals surface area contributed by atoms with E-state index in [1.807, 2.05) is 0 Å². The Morgan fingerprint density at radius 1 is 1.16 bits per heavy atom. The second kappa shape index (κ2) is 9.50. The predicted octanol–water partition coefficient (Wildman–Crippen LogP) is 3.05. The lowest BCUT2D eigenvalue weighted by atomic mass is 10.2. The van der Waals surface area contributed by atoms with Gasteiger partial charge in [0.05, 0.1) is 14.2 Å². The molecule has 0 saturated carbocycles. The second-order valence-corrected chi connectivity index (χ2v) is 4.03. The maximum atomic E-state index is 11.9. The molecule has 0 saturated heterocycles. The molecule has 108 valence electrons. The van der Waals surface area contributed by atoms with E-state index in [-0.39, 0.29) is 18.3 Å². The van der Waals surface area contributed by atoms with Crippen LogP contribution in [-0.2, 0) is 0 Å². The fourth-order valence-electron chi connectivity index (χ4n) is 1.66. The van der Waals surface area contributed by atoms with E-state index >= 15 is 0 Å². The highest BCUT2D eigenvalue weighted by Crippen LogP contribution is 2.27. The predicted molar refractivity (Wildman–Crippen MR) is 78.7 cm³/mol. The van der Waals surface area contributed by atoms with Crippen molar-refractivity contribution in [1.82, 2.24) is 5.32 Å². The van der Waals surface area contributed by atoms with Gasteiger partial charge in [-0.1, -0.05) is 19.8 Å². The van der Waals surface area contributed by atoms with E-state index in [2.05, 4.69) is 12.2 Å². The highest BCUT2D eigenvalue weighted by molar-refractivity contribution is 5.94. The van der Waals surface area contributed by atoms with E-state index in [0.717, 1.165) is 19.3 Å². The lowest BCUT2D eigenvalue weighted by Gasteiger charge is -2.09. The molecule has 0 heterocycles. The molecule has 0 spiro atoms. The molecule has 1 aromatic rings. The van der Waals surface area contributed by atoms with Gasteiger partial charge < -0.3 is 14.8 Å². The van der Waals surface area contributed by atoms with Gasteiger partial charge in [-0.25, -0.2) is 0 Å². The van der Waals surface area contributed by atoms with E-state index in [1.165, 1.54) is 0 Å². The number of methoxy groups -OCH3 is 2. The molecule has 0 radical (unpaired) electrons. The third-order valence-corrected chi connectivity index (χ3v) is 2.71. The highest BCUT2D eigenvalue weighted by Gasteiger charge is 2.09. The number of hydrogen-bond acceptors (Lipinski definition) is 3. The lowest BCUT2D eigenvalue weighted by Crippen LogP contribution is -2.24. The molecule has 19 heavy (non-hydrogen) atoms. The summed E-state index contributed by atoms with van der Waals surface area (Å²) in [6.07, 6.45) is 3.29. The Hall–Kier alpha value is -1.42. The Labute approximate surface area is 120 Å². The van der Waals surface area contributed by atoms with Crippen LogP contribution in [0.3, 0.4) is 0 Å². The normalized spacial score (nSPS) is 9.42. The standard InChI is InChI=1S/C14H21NO3.ClH/c1-4-5-6-9-15-14(16)11-7-8-12(17-2)13(10-11)18-3;/h7-8,10H,4-6,9H2,1-3H3,(H,15,16);1H. The minimum Gasteiger partial charge on any atom is -0.493 e. The van der Waals surface area contributed by atoms with Gasteiger partial charge in [-0.15, -0.1) is 12.4 Å². The number of carbonyl (C=O) groups excluding carboxylic acids is 1. The minimum absolute atomic E-state index is 0. The highest BCUT2D eigenvalue weighted by atomic mass is 35.5. The summed E-state index contributed by atoms with van der Waals surface area (Å²) in [5, 5.41) is 2.89. The van der Waals surface area contributed by atoms with Crippen molar-refractivity contribution in [2.75, 3.05) is 20.8 Å². The lowest BCUT2D eigenvalue weighted by molar-refractivity contribution is 0.0952. The monoisotopic (exact) mass is 287 g/mol. The summed E-state index contributed by atoms with van der Waals surface area (Å²) in [4.78, 5) is 11.9. The average molecular weight is 288 g/mol. The van der Waals surface area contributed by atoms with Crippen molar-refractivity contribution in [2.45, 2.75) is 26.2 Å². The molecule has 0 unspecified atom stereocenters. The first-order valence-electron chi connectivity index (χ1n) is 6.23. The molecule has 1 N–H and O–H groups in total. The van der Waals surface area contributed by atoms with Crippen molar-refractivity contribution in [3.05, 3.63) is 23.8 Å². The van der Waals surface area contributed by atoms with Gasteiger partial charge in [0.1, 0.15) is 0 Å². The number of rotatable bonds is 7. The Balaban J connectivity index is 0.00000324. The Morgan fingerprint density at radius 2 is 1.84 bits per heavy atom. The van der Waals surface area contributed by atoms with Crippen LogP contribution >= 0.6 is 12.4 Å². The number of halogens is 1. The van der Waals surface area contributed by atoms with Gasteiger partial charge in [-0.3, -0.25) is 4.79 Å². The first kappa shape index (κ1) is 17.6. The Bertz CT molecular complexity index is 396. The van der Waals surface area contributed by atoms with E-state index in [0.29, 0.717) is 23.6 Å². The molecular formula is C14H22ClNO3. The molecule has 0 aliphatic carbocycles. The van der Waals surface area contributed by atoms with Crippen LogP contribution in [-0.4, -0.2) is 26.7 Å². The van der Waals surface area contributed by atoms with Crippen molar-refractivity contribution in [2.24, 2.45) is 0 Å². The summed E-state index contributed by atoms with van der Waals surface area (Å²) in [5.41, 5.74) is 0.587. The summed E-state index contributed by atoms with van der Waals surface area (Å²) in [5.74, 6) is 1.12. The molecule has 0 atom stereocenters. The fourth-order valence-corrected chi connectivity index (χ4v) is 1.66. The quantitative estimate of drug-likeness (QED) is 0.784. The Morgan fingerprint density at radius 3 is 2.42 bits per heavy atom. The molecule has 0 aromatic heterocycles. The number of ether oxygens (including phenoxy) is 2. The van der Waals surface area contributed by atoms with Crippen LogP contribution in [0.4, 0.5) is 0 Å². The van der Waals surface area contributed by atoms with Gasteiger partial charge in [0, 0.05) is 12.1 Å². The van der Waals surface area contributed by atoms with Crippen LogP contribution in [0.25, 0.3) is 0 Å². The number of nitrogens with one attached hydrogen (secondary N) is 1. The van der Waals surface area contributed by atoms with Crippen LogP contribution in [0.1, 0.15) is 36.5 Å². The van der Waals surface area contributed by atoms with Gasteiger partial charge in [0.25, 0.3) is 5.91 Å². The van der Waals surface area contributed by atoms with Gasteiger partial charge in [0.15, 0.2) is 11.5 Å². The van der Waals surface area contributed by atoms with E-state index < -0.39 is 0 Å². The third kappa shape index (κ3) is 5.39. The summed E-state index contributed by atoms with van der Waals surface area (Å²) in [7, 11) is 3.13. The topological polar surface area (TPSA) is 47.6 Å². The van der Waals surface area contributed by atoms with Crippen LogP contribution in [0, 0.1) is 0 Å². The van der Waals surface area contributed by atoms with Crippen LogP contribution < -0.4 is 14.8 Å². The zero-order valence-corrected chi connectivity index (χ0v) is 12.5. The maximum absolute atomic E-state index is 11.9. The van der Waals surface area contributed by atoms with Crippen molar-refractivity contribution in [3.8, 4) is 11.5 Å². The number of carbonyl (C=O) groups is 1. The summed E-state index contributed by atoms with van der Waals surface area (Å²) in [6.45, 7) is 2.84. The smallest absolute Gasteiger partial charge is 0.251 e. The largest absolute Gasteiger partial charge is 0.493 e. The molecule has 5 heteroatoms. The molecule has 1 rings (SSSR count). The molecule has 0 aliphatic rings.